The van der Waals surface area contributed by atoms with Crippen LogP contribution in [0.15, 0.2) is 67.3 Å². The summed E-state index contributed by atoms with van der Waals surface area (Å²) in [6, 6.07) is 12.6. The molecule has 1 unspecified atom stereocenters. The van der Waals surface area contributed by atoms with Crippen molar-refractivity contribution in [1.29, 1.82) is 0 Å². The molecule has 0 radical (unpaired) electrons. The van der Waals surface area contributed by atoms with Gasteiger partial charge in [-0.3, -0.25) is 0 Å². The van der Waals surface area contributed by atoms with Crippen molar-refractivity contribution in [2.75, 3.05) is 0 Å². The van der Waals surface area contributed by atoms with Gasteiger partial charge in [-0.25, -0.2) is 0 Å². The van der Waals surface area contributed by atoms with Crippen LogP contribution in [0.25, 0.3) is 16.3 Å². The van der Waals surface area contributed by atoms with Crippen LogP contribution in [0.1, 0.15) is 17.2 Å². The molecule has 2 N–H and O–H groups in total. The average Bonchev–Trinajstić information content (AvgIpc) is 2.62. The van der Waals surface area contributed by atoms with Gasteiger partial charge >= 0.3 is 0 Å². The molecule has 1 nitrogen and oxygen atoms in total. The number of hydrogen-bond acceptors (Lipinski definition) is 1. The predicted molar refractivity (Wildman–Crippen MR) is 78.2 cm³/mol. The van der Waals surface area contributed by atoms with Gasteiger partial charge in [0, 0.05) is 0 Å². The van der Waals surface area contributed by atoms with Crippen LogP contribution in [-0.2, 0) is 0 Å². The van der Waals surface area contributed by atoms with Crippen LogP contribution in [0.4, 0.5) is 0 Å². The topological polar surface area (TPSA) is 26.0 Å². The minimum atomic E-state index is -0.101. The molecule has 0 heterocycles. The zero-order valence-electron chi connectivity index (χ0n) is 10.2. The average molecular weight is 233 g/mol. The summed E-state index contributed by atoms with van der Waals surface area (Å²) < 4.78 is 0. The molecule has 1 aliphatic carbocycles. The lowest BCUT2D eigenvalue weighted by atomic mass is 10.0. The number of nitrogens with two attached hydrogens (primary N) is 1. The van der Waals surface area contributed by atoms with E-state index in [1.54, 1.807) is 6.08 Å². The van der Waals surface area contributed by atoms with Crippen LogP contribution >= 0.6 is 0 Å². The highest BCUT2D eigenvalue weighted by molar-refractivity contribution is 5.95. The van der Waals surface area contributed by atoms with E-state index in [4.69, 9.17) is 5.73 Å². The molecular weight excluding hydrogens is 218 g/mol. The van der Waals surface area contributed by atoms with E-state index in [0.29, 0.717) is 0 Å². The Morgan fingerprint density at radius 3 is 2.44 bits per heavy atom. The molecule has 1 atom stereocenters. The van der Waals surface area contributed by atoms with Gasteiger partial charge in [-0.05, 0) is 45.2 Å². The quantitative estimate of drug-likeness (QED) is 0.792. The van der Waals surface area contributed by atoms with Crippen LogP contribution < -0.4 is 5.73 Å². The Labute approximate surface area is 107 Å². The number of fused-ring (bicyclic) bond motifs is 2. The number of rotatable bonds is 1. The molecule has 2 aromatic carbocycles. The highest BCUT2D eigenvalue weighted by atomic mass is 14.7. The van der Waals surface area contributed by atoms with Gasteiger partial charge in [0.05, 0.1) is 6.04 Å². The summed E-state index contributed by atoms with van der Waals surface area (Å²) in [5.41, 5.74) is 10.7. The molecule has 0 saturated heterocycles. The molecule has 3 rings (SSSR count). The Hall–Kier alpha value is -2.12. The lowest BCUT2D eigenvalue weighted by Crippen LogP contribution is -2.07. The van der Waals surface area contributed by atoms with Crippen LogP contribution in [0.3, 0.4) is 0 Å². The van der Waals surface area contributed by atoms with Crippen LogP contribution in [0.5, 0.6) is 0 Å². The summed E-state index contributed by atoms with van der Waals surface area (Å²) in [6.07, 6.45) is 3.78. The molecule has 18 heavy (non-hydrogen) atoms. The molecule has 1 aliphatic rings. The van der Waals surface area contributed by atoms with Gasteiger partial charge < -0.3 is 5.73 Å². The van der Waals surface area contributed by atoms with Crippen molar-refractivity contribution < 1.29 is 0 Å². The summed E-state index contributed by atoms with van der Waals surface area (Å²) in [5.74, 6) is 0. The van der Waals surface area contributed by atoms with Gasteiger partial charge in [0.2, 0.25) is 0 Å². The minimum Gasteiger partial charge on any atom is -0.320 e. The standard InChI is InChI=1S/C17H15N/c1-3-6-14-11(2)17(18)16-10-13-8-5-4-7-12(13)9-15(14)16/h3-10,17H,1-2,18H2/b14-6+. The molecule has 0 spiro atoms. The molecule has 0 bridgehead atoms. The first-order chi connectivity index (χ1) is 8.72. The summed E-state index contributed by atoms with van der Waals surface area (Å²) in [7, 11) is 0. The molecule has 0 aromatic heterocycles. The first-order valence-electron chi connectivity index (χ1n) is 6.03. The smallest absolute Gasteiger partial charge is 0.0558 e. The van der Waals surface area contributed by atoms with Crippen LogP contribution in [0, 0.1) is 0 Å². The van der Waals surface area contributed by atoms with E-state index in [1.807, 2.05) is 12.1 Å². The fourth-order valence-electron chi connectivity index (χ4n) is 2.59. The highest BCUT2D eigenvalue weighted by Gasteiger charge is 2.27. The third-order valence-electron chi connectivity index (χ3n) is 3.55. The number of benzene rings is 2. The largest absolute Gasteiger partial charge is 0.320 e. The monoisotopic (exact) mass is 233 g/mol. The second-order valence-corrected chi connectivity index (χ2v) is 4.61. The zero-order chi connectivity index (χ0) is 12.7. The van der Waals surface area contributed by atoms with Gasteiger partial charge in [0.25, 0.3) is 0 Å². The van der Waals surface area contributed by atoms with Crippen molar-refractivity contribution in [3.8, 4) is 0 Å². The Balaban J connectivity index is 2.34. The minimum absolute atomic E-state index is 0.101. The Kier molecular flexibility index (Phi) is 2.42. The van der Waals surface area contributed by atoms with E-state index >= 15 is 0 Å². The van der Waals surface area contributed by atoms with Crippen LogP contribution in [-0.4, -0.2) is 0 Å². The SMILES string of the molecule is C=C/C=C1\C(=C)C(N)c2cc3ccccc3cc21. The fraction of sp³-hybridized carbons (Fsp3) is 0.0588. The van der Waals surface area contributed by atoms with Crippen molar-refractivity contribution in [2.45, 2.75) is 6.04 Å². The molecular formula is C17H15N. The summed E-state index contributed by atoms with van der Waals surface area (Å²) >= 11 is 0. The Morgan fingerprint density at radius 2 is 1.78 bits per heavy atom. The first-order valence-corrected chi connectivity index (χ1v) is 6.03. The maximum atomic E-state index is 6.23. The molecule has 0 amide bonds. The molecule has 1 heteroatoms. The lowest BCUT2D eigenvalue weighted by Gasteiger charge is -2.06. The van der Waals surface area contributed by atoms with Crippen molar-refractivity contribution in [2.24, 2.45) is 5.73 Å². The van der Waals surface area contributed by atoms with E-state index in [-0.39, 0.29) is 6.04 Å². The van der Waals surface area contributed by atoms with E-state index in [9.17, 15) is 0 Å². The van der Waals surface area contributed by atoms with E-state index in [0.717, 1.165) is 16.7 Å². The normalized spacial score (nSPS) is 20.4. The van der Waals surface area contributed by atoms with E-state index in [2.05, 4.69) is 43.5 Å². The zero-order valence-corrected chi connectivity index (χ0v) is 10.2. The Bertz CT molecular complexity index is 692. The summed E-state index contributed by atoms with van der Waals surface area (Å²) in [6.45, 7) is 7.86. The van der Waals surface area contributed by atoms with Crippen molar-refractivity contribution in [1.82, 2.24) is 0 Å². The Morgan fingerprint density at radius 1 is 1.11 bits per heavy atom. The van der Waals surface area contributed by atoms with Gasteiger partial charge in [-0.15, -0.1) is 0 Å². The third-order valence-corrected chi connectivity index (χ3v) is 3.55. The van der Waals surface area contributed by atoms with Crippen LogP contribution in [0.2, 0.25) is 0 Å². The van der Waals surface area contributed by atoms with Crippen molar-refractivity contribution in [3.05, 3.63) is 78.4 Å². The molecule has 88 valence electrons. The molecule has 2 aromatic rings. The molecule has 0 aliphatic heterocycles. The first kappa shape index (κ1) is 11.0. The van der Waals surface area contributed by atoms with Gasteiger partial charge in [0.1, 0.15) is 0 Å². The van der Waals surface area contributed by atoms with Gasteiger partial charge in [-0.1, -0.05) is 49.6 Å². The second-order valence-electron chi connectivity index (χ2n) is 4.61. The van der Waals surface area contributed by atoms with Crippen molar-refractivity contribution >= 4 is 16.3 Å². The van der Waals surface area contributed by atoms with Gasteiger partial charge in [-0.2, -0.15) is 0 Å². The summed E-state index contributed by atoms with van der Waals surface area (Å²) in [4.78, 5) is 0. The number of allylic oxidation sites excluding steroid dienone is 2. The summed E-state index contributed by atoms with van der Waals surface area (Å²) in [5, 5.41) is 2.45. The maximum absolute atomic E-state index is 6.23. The van der Waals surface area contributed by atoms with E-state index < -0.39 is 0 Å². The molecule has 0 saturated carbocycles. The van der Waals surface area contributed by atoms with Gasteiger partial charge in [0.15, 0.2) is 0 Å². The lowest BCUT2D eigenvalue weighted by molar-refractivity contribution is 0.908. The third kappa shape index (κ3) is 1.45. The van der Waals surface area contributed by atoms with Crippen molar-refractivity contribution in [3.63, 3.8) is 0 Å². The number of hydrogen-bond donors (Lipinski definition) is 1. The maximum Gasteiger partial charge on any atom is 0.0558 e. The predicted octanol–water partition coefficient (Wildman–Crippen LogP) is 3.98. The fourth-order valence-corrected chi connectivity index (χ4v) is 2.59. The highest BCUT2D eigenvalue weighted by Crippen LogP contribution is 2.43. The van der Waals surface area contributed by atoms with E-state index in [1.165, 1.54) is 16.3 Å². The molecule has 0 fully saturated rings. The second kappa shape index (κ2) is 3.97.